The highest BCUT2D eigenvalue weighted by molar-refractivity contribution is 7.80. The van der Waals surface area contributed by atoms with Crippen LogP contribution in [0.3, 0.4) is 0 Å². The molecule has 0 saturated heterocycles. The van der Waals surface area contributed by atoms with Crippen molar-refractivity contribution < 1.29 is 0 Å². The van der Waals surface area contributed by atoms with Crippen LogP contribution in [-0.4, -0.2) is 22.3 Å². The van der Waals surface area contributed by atoms with Crippen molar-refractivity contribution in [2.45, 2.75) is 76.3 Å². The summed E-state index contributed by atoms with van der Waals surface area (Å²) in [7, 11) is 0. The summed E-state index contributed by atoms with van der Waals surface area (Å²) in [6.45, 7) is 0. The molecule has 0 amide bonds. The first-order chi connectivity index (χ1) is 12.7. The van der Waals surface area contributed by atoms with Crippen molar-refractivity contribution in [3.05, 3.63) is 24.3 Å². The predicted octanol–water partition coefficient (Wildman–Crippen LogP) is 4.92. The lowest BCUT2D eigenvalue weighted by Gasteiger charge is -2.26. The molecule has 2 saturated carbocycles. The highest BCUT2D eigenvalue weighted by atomic mass is 32.1. The van der Waals surface area contributed by atoms with E-state index in [1.807, 2.05) is 24.3 Å². The maximum atomic E-state index is 5.52. The Bertz CT molecular complexity index is 555. The normalized spacial score (nSPS) is 18.8. The van der Waals surface area contributed by atoms with Crippen LogP contribution in [0.5, 0.6) is 0 Å². The van der Waals surface area contributed by atoms with E-state index in [-0.39, 0.29) is 0 Å². The van der Waals surface area contributed by atoms with Gasteiger partial charge in [-0.3, -0.25) is 0 Å². The standard InChI is InChI=1S/C20H30N4S2/c25-19(21-15-9-3-1-4-10-15)23-17-13-7-8-14-18(17)24-20(26)22-16-11-5-2-6-12-16/h7-8,13-16H,1-6,9-12H2,(H2,21,23,25)(H2,22,24,26). The maximum absolute atomic E-state index is 5.52. The smallest absolute Gasteiger partial charge is 0.171 e. The van der Waals surface area contributed by atoms with E-state index in [0.717, 1.165) is 11.4 Å². The summed E-state index contributed by atoms with van der Waals surface area (Å²) in [5.74, 6) is 0. The Morgan fingerprint density at radius 1 is 0.654 bits per heavy atom. The number of hydrogen-bond donors (Lipinski definition) is 4. The van der Waals surface area contributed by atoms with E-state index in [2.05, 4.69) is 21.3 Å². The molecule has 26 heavy (non-hydrogen) atoms. The van der Waals surface area contributed by atoms with Crippen LogP contribution in [-0.2, 0) is 0 Å². The Morgan fingerprint density at radius 2 is 1.04 bits per heavy atom. The summed E-state index contributed by atoms with van der Waals surface area (Å²) >= 11 is 11.0. The first-order valence-electron chi connectivity index (χ1n) is 9.95. The van der Waals surface area contributed by atoms with Crippen molar-refractivity contribution in [3.63, 3.8) is 0 Å². The fourth-order valence-corrected chi connectivity index (χ4v) is 4.44. The first kappa shape index (κ1) is 19.4. The molecule has 2 fully saturated rings. The number of thiocarbonyl (C=S) groups is 2. The molecule has 0 aromatic heterocycles. The monoisotopic (exact) mass is 390 g/mol. The minimum absolute atomic E-state index is 0.498. The molecule has 0 unspecified atom stereocenters. The molecule has 0 atom stereocenters. The molecule has 4 nitrogen and oxygen atoms in total. The molecule has 0 bridgehead atoms. The second kappa shape index (κ2) is 10.1. The van der Waals surface area contributed by atoms with E-state index in [4.69, 9.17) is 24.4 Å². The Kier molecular flexibility index (Phi) is 7.50. The summed E-state index contributed by atoms with van der Waals surface area (Å²) in [4.78, 5) is 0. The molecule has 2 aliphatic carbocycles. The fraction of sp³-hybridized carbons (Fsp3) is 0.600. The molecule has 0 radical (unpaired) electrons. The largest absolute Gasteiger partial charge is 0.360 e. The molecule has 0 spiro atoms. The molecular formula is C20H30N4S2. The summed E-state index contributed by atoms with van der Waals surface area (Å²) in [5.41, 5.74) is 1.90. The van der Waals surface area contributed by atoms with Gasteiger partial charge in [0.05, 0.1) is 11.4 Å². The lowest BCUT2D eigenvalue weighted by molar-refractivity contribution is 0.414. The number of para-hydroxylation sites is 2. The van der Waals surface area contributed by atoms with Crippen molar-refractivity contribution in [1.82, 2.24) is 10.6 Å². The highest BCUT2D eigenvalue weighted by Gasteiger charge is 2.16. The zero-order chi connectivity index (χ0) is 18.2. The average Bonchev–Trinajstić information content (AvgIpc) is 2.65. The van der Waals surface area contributed by atoms with Crippen molar-refractivity contribution in [3.8, 4) is 0 Å². The third-order valence-corrected chi connectivity index (χ3v) is 5.74. The third-order valence-electron chi connectivity index (χ3n) is 5.30. The van der Waals surface area contributed by atoms with Gasteiger partial charge >= 0.3 is 0 Å². The Balaban J connectivity index is 1.53. The number of anilines is 2. The van der Waals surface area contributed by atoms with Crippen LogP contribution in [0.15, 0.2) is 24.3 Å². The molecule has 6 heteroatoms. The summed E-state index contributed by atoms with van der Waals surface area (Å²) in [6.07, 6.45) is 12.7. The van der Waals surface area contributed by atoms with Crippen LogP contribution < -0.4 is 21.3 Å². The van der Waals surface area contributed by atoms with Gasteiger partial charge in [-0.25, -0.2) is 0 Å². The van der Waals surface area contributed by atoms with Crippen LogP contribution in [0.25, 0.3) is 0 Å². The van der Waals surface area contributed by atoms with E-state index >= 15 is 0 Å². The van der Waals surface area contributed by atoms with Gasteiger partial charge in [0.15, 0.2) is 10.2 Å². The number of hydrogen-bond acceptors (Lipinski definition) is 2. The topological polar surface area (TPSA) is 48.1 Å². The number of nitrogens with one attached hydrogen (secondary N) is 4. The van der Waals surface area contributed by atoms with Gasteiger partial charge in [-0.1, -0.05) is 50.7 Å². The molecule has 1 aromatic carbocycles. The van der Waals surface area contributed by atoms with E-state index in [1.54, 1.807) is 0 Å². The molecule has 0 aliphatic heterocycles. The molecule has 0 heterocycles. The quantitative estimate of drug-likeness (QED) is 0.547. The predicted molar refractivity (Wildman–Crippen MR) is 119 cm³/mol. The fourth-order valence-electron chi connectivity index (χ4n) is 3.88. The Labute approximate surface area is 167 Å². The second-order valence-corrected chi connectivity index (χ2v) is 8.23. The van der Waals surface area contributed by atoms with Crippen LogP contribution in [0.2, 0.25) is 0 Å². The van der Waals surface area contributed by atoms with Gasteiger partial charge in [0.2, 0.25) is 0 Å². The van der Waals surface area contributed by atoms with Gasteiger partial charge in [0.25, 0.3) is 0 Å². The Hall–Kier alpha value is -1.40. The van der Waals surface area contributed by atoms with Crippen molar-refractivity contribution in [2.24, 2.45) is 0 Å². The van der Waals surface area contributed by atoms with Crippen molar-refractivity contribution in [2.75, 3.05) is 10.6 Å². The van der Waals surface area contributed by atoms with Crippen LogP contribution in [0, 0.1) is 0 Å². The average molecular weight is 391 g/mol. The van der Waals surface area contributed by atoms with Gasteiger partial charge in [-0.05, 0) is 62.3 Å². The first-order valence-corrected chi connectivity index (χ1v) is 10.8. The summed E-state index contributed by atoms with van der Waals surface area (Å²) < 4.78 is 0. The zero-order valence-electron chi connectivity index (χ0n) is 15.4. The third kappa shape index (κ3) is 6.09. The van der Waals surface area contributed by atoms with Gasteiger partial charge in [0, 0.05) is 12.1 Å². The SMILES string of the molecule is S=C(Nc1ccccc1NC(=S)NC1CCCCC1)NC1CCCCC1. The van der Waals surface area contributed by atoms with E-state index in [9.17, 15) is 0 Å². The molecule has 3 rings (SSSR count). The van der Waals surface area contributed by atoms with E-state index in [0.29, 0.717) is 22.3 Å². The zero-order valence-corrected chi connectivity index (χ0v) is 17.0. The van der Waals surface area contributed by atoms with Crippen LogP contribution >= 0.6 is 24.4 Å². The van der Waals surface area contributed by atoms with Crippen molar-refractivity contribution >= 4 is 46.0 Å². The molecule has 4 N–H and O–H groups in total. The lowest BCUT2D eigenvalue weighted by Crippen LogP contribution is -2.40. The summed E-state index contributed by atoms with van der Waals surface area (Å²) in [6, 6.07) is 9.07. The molecule has 142 valence electrons. The lowest BCUT2D eigenvalue weighted by atomic mass is 9.96. The van der Waals surface area contributed by atoms with Crippen LogP contribution in [0.4, 0.5) is 11.4 Å². The van der Waals surface area contributed by atoms with Gasteiger partial charge in [-0.2, -0.15) is 0 Å². The number of rotatable bonds is 4. The minimum atomic E-state index is 0.498. The van der Waals surface area contributed by atoms with E-state index < -0.39 is 0 Å². The minimum Gasteiger partial charge on any atom is -0.360 e. The summed E-state index contributed by atoms with van der Waals surface area (Å²) in [5, 5.41) is 15.0. The molecule has 1 aromatic rings. The number of benzene rings is 1. The van der Waals surface area contributed by atoms with Gasteiger partial charge in [-0.15, -0.1) is 0 Å². The Morgan fingerprint density at radius 3 is 1.42 bits per heavy atom. The van der Waals surface area contributed by atoms with E-state index in [1.165, 1.54) is 64.2 Å². The van der Waals surface area contributed by atoms with Crippen LogP contribution in [0.1, 0.15) is 64.2 Å². The van der Waals surface area contributed by atoms with Crippen molar-refractivity contribution in [1.29, 1.82) is 0 Å². The van der Waals surface area contributed by atoms with Gasteiger partial charge in [0.1, 0.15) is 0 Å². The maximum Gasteiger partial charge on any atom is 0.171 e. The second-order valence-electron chi connectivity index (χ2n) is 7.41. The molecule has 2 aliphatic rings. The molecular weight excluding hydrogens is 360 g/mol. The van der Waals surface area contributed by atoms with Gasteiger partial charge < -0.3 is 21.3 Å². The highest BCUT2D eigenvalue weighted by Crippen LogP contribution is 2.23.